The molecule has 0 unspecified atom stereocenters. The maximum Gasteiger partial charge on any atom is 0.128 e. The Morgan fingerprint density at radius 1 is 1.18 bits per heavy atom. The Bertz CT molecular complexity index is 589. The van der Waals surface area contributed by atoms with Gasteiger partial charge < -0.3 is 9.47 Å². The van der Waals surface area contributed by atoms with E-state index >= 15 is 0 Å². The molecule has 1 aromatic carbocycles. The van der Waals surface area contributed by atoms with Crippen LogP contribution in [0.2, 0.25) is 0 Å². The Morgan fingerprint density at radius 3 is 2.95 bits per heavy atom. The molecule has 2 heterocycles. The van der Waals surface area contributed by atoms with Gasteiger partial charge in [-0.3, -0.25) is 9.58 Å². The van der Waals surface area contributed by atoms with Gasteiger partial charge in [0.15, 0.2) is 0 Å². The van der Waals surface area contributed by atoms with Crippen LogP contribution in [0.4, 0.5) is 0 Å². The normalized spacial score (nSPS) is 16.4. The number of aromatic nitrogens is 2. The lowest BCUT2D eigenvalue weighted by Crippen LogP contribution is -2.30. The van der Waals surface area contributed by atoms with E-state index in [9.17, 15) is 0 Å². The molecule has 0 saturated carbocycles. The number of aryl methyl sites for hydroxylation is 1. The van der Waals surface area contributed by atoms with Crippen LogP contribution >= 0.6 is 0 Å². The van der Waals surface area contributed by atoms with Crippen molar-refractivity contribution in [3.63, 3.8) is 0 Å². The summed E-state index contributed by atoms with van der Waals surface area (Å²) in [7, 11) is 1.95. The highest BCUT2D eigenvalue weighted by Gasteiger charge is 2.11. The Kier molecular flexibility index (Phi) is 5.08. The van der Waals surface area contributed by atoms with E-state index in [0.717, 1.165) is 56.3 Å². The van der Waals surface area contributed by atoms with Gasteiger partial charge in [0.05, 0.1) is 12.3 Å². The third-order valence-electron chi connectivity index (χ3n) is 3.96. The topological polar surface area (TPSA) is 39.5 Å². The van der Waals surface area contributed by atoms with Crippen molar-refractivity contribution in [1.29, 1.82) is 0 Å². The molecule has 22 heavy (non-hydrogen) atoms. The Hall–Kier alpha value is -1.85. The second-order valence-electron chi connectivity index (χ2n) is 5.49. The molecule has 0 N–H and O–H groups in total. The van der Waals surface area contributed by atoms with Crippen molar-refractivity contribution in [2.75, 3.05) is 39.5 Å². The molecule has 2 aromatic rings. The maximum atomic E-state index is 6.04. The number of benzene rings is 1. The summed E-state index contributed by atoms with van der Waals surface area (Å²) in [5, 5.41) is 4.24. The first kappa shape index (κ1) is 15.1. The van der Waals surface area contributed by atoms with Crippen LogP contribution in [0.3, 0.4) is 0 Å². The van der Waals surface area contributed by atoms with Gasteiger partial charge in [-0.2, -0.15) is 5.10 Å². The third-order valence-corrected chi connectivity index (χ3v) is 3.96. The summed E-state index contributed by atoms with van der Waals surface area (Å²) >= 11 is 0. The van der Waals surface area contributed by atoms with Gasteiger partial charge in [-0.05, 0) is 24.6 Å². The van der Waals surface area contributed by atoms with Gasteiger partial charge in [-0.1, -0.05) is 12.1 Å². The molecule has 1 aliphatic rings. The number of hydrogen-bond acceptors (Lipinski definition) is 4. The Morgan fingerprint density at radius 2 is 2.09 bits per heavy atom. The predicted octanol–water partition coefficient (Wildman–Crippen LogP) is 2.19. The van der Waals surface area contributed by atoms with Crippen molar-refractivity contribution in [3.8, 4) is 17.0 Å². The summed E-state index contributed by atoms with van der Waals surface area (Å²) in [6, 6.07) is 10.1. The molecule has 118 valence electrons. The standard InChI is InChI=1S/C17H23N3O2/c1-19-16(7-8-18-19)15-5-2-3-6-17(15)22-14-11-20-9-4-12-21-13-10-20/h2-3,5-8H,4,9-14H2,1H3. The van der Waals surface area contributed by atoms with E-state index in [1.165, 1.54) is 0 Å². The first-order valence-electron chi connectivity index (χ1n) is 7.85. The number of nitrogens with zero attached hydrogens (tertiary/aromatic N) is 3. The molecule has 0 radical (unpaired) electrons. The zero-order chi connectivity index (χ0) is 15.2. The first-order valence-corrected chi connectivity index (χ1v) is 7.85. The summed E-state index contributed by atoms with van der Waals surface area (Å²) in [4.78, 5) is 2.40. The largest absolute Gasteiger partial charge is 0.492 e. The van der Waals surface area contributed by atoms with Crippen LogP contribution in [0.5, 0.6) is 5.75 Å². The fourth-order valence-electron chi connectivity index (χ4n) is 2.75. The van der Waals surface area contributed by atoms with Gasteiger partial charge in [0.2, 0.25) is 0 Å². The quantitative estimate of drug-likeness (QED) is 0.849. The second kappa shape index (κ2) is 7.42. The van der Waals surface area contributed by atoms with Crippen LogP contribution in [0.1, 0.15) is 6.42 Å². The van der Waals surface area contributed by atoms with Crippen molar-refractivity contribution in [2.45, 2.75) is 6.42 Å². The first-order chi connectivity index (χ1) is 10.8. The van der Waals surface area contributed by atoms with Gasteiger partial charge in [0.1, 0.15) is 12.4 Å². The van der Waals surface area contributed by atoms with Gasteiger partial charge in [-0.15, -0.1) is 0 Å². The van der Waals surface area contributed by atoms with Crippen LogP contribution in [0, 0.1) is 0 Å². The van der Waals surface area contributed by atoms with E-state index in [4.69, 9.17) is 9.47 Å². The molecule has 1 fully saturated rings. The van der Waals surface area contributed by atoms with Crippen LogP contribution < -0.4 is 4.74 Å². The second-order valence-corrected chi connectivity index (χ2v) is 5.49. The molecule has 5 nitrogen and oxygen atoms in total. The lowest BCUT2D eigenvalue weighted by Gasteiger charge is -2.19. The zero-order valence-corrected chi connectivity index (χ0v) is 13.1. The van der Waals surface area contributed by atoms with Gasteiger partial charge in [0.25, 0.3) is 0 Å². The molecule has 1 saturated heterocycles. The number of rotatable bonds is 5. The molecule has 0 bridgehead atoms. The highest BCUT2D eigenvalue weighted by atomic mass is 16.5. The summed E-state index contributed by atoms with van der Waals surface area (Å²) in [5.74, 6) is 0.914. The molecule has 0 atom stereocenters. The van der Waals surface area contributed by atoms with E-state index in [2.05, 4.69) is 16.1 Å². The zero-order valence-electron chi connectivity index (χ0n) is 13.1. The highest BCUT2D eigenvalue weighted by molar-refractivity contribution is 5.67. The summed E-state index contributed by atoms with van der Waals surface area (Å²) in [6.07, 6.45) is 2.91. The fourth-order valence-corrected chi connectivity index (χ4v) is 2.75. The molecular formula is C17H23N3O2. The van der Waals surface area contributed by atoms with Crippen molar-refractivity contribution in [1.82, 2.24) is 14.7 Å². The van der Waals surface area contributed by atoms with Crippen molar-refractivity contribution in [3.05, 3.63) is 36.5 Å². The van der Waals surface area contributed by atoms with Crippen molar-refractivity contribution < 1.29 is 9.47 Å². The monoisotopic (exact) mass is 301 g/mol. The van der Waals surface area contributed by atoms with E-state index in [0.29, 0.717) is 6.61 Å². The number of para-hydroxylation sites is 1. The molecule has 1 aromatic heterocycles. The smallest absolute Gasteiger partial charge is 0.128 e. The van der Waals surface area contributed by atoms with Crippen molar-refractivity contribution in [2.24, 2.45) is 7.05 Å². The van der Waals surface area contributed by atoms with E-state index in [-0.39, 0.29) is 0 Å². The van der Waals surface area contributed by atoms with Gasteiger partial charge in [-0.25, -0.2) is 0 Å². The molecule has 0 amide bonds. The predicted molar refractivity (Wildman–Crippen MR) is 86.0 cm³/mol. The number of ether oxygens (including phenoxy) is 2. The van der Waals surface area contributed by atoms with Crippen LogP contribution in [0.25, 0.3) is 11.3 Å². The minimum atomic E-state index is 0.689. The molecule has 3 rings (SSSR count). The molecule has 0 aliphatic carbocycles. The molecule has 1 aliphatic heterocycles. The Balaban J connectivity index is 1.62. The minimum absolute atomic E-state index is 0.689. The van der Waals surface area contributed by atoms with Crippen LogP contribution in [0.15, 0.2) is 36.5 Å². The summed E-state index contributed by atoms with van der Waals surface area (Å²) in [6.45, 7) is 5.41. The SMILES string of the molecule is Cn1nccc1-c1ccccc1OCCN1CCCOCC1. The van der Waals surface area contributed by atoms with Gasteiger partial charge in [0, 0.05) is 45.0 Å². The average molecular weight is 301 g/mol. The lowest BCUT2D eigenvalue weighted by atomic mass is 10.1. The van der Waals surface area contributed by atoms with E-state index in [1.54, 1.807) is 0 Å². The summed E-state index contributed by atoms with van der Waals surface area (Å²) < 4.78 is 13.4. The van der Waals surface area contributed by atoms with Crippen LogP contribution in [-0.2, 0) is 11.8 Å². The average Bonchev–Trinajstić information content (AvgIpc) is 2.80. The highest BCUT2D eigenvalue weighted by Crippen LogP contribution is 2.29. The van der Waals surface area contributed by atoms with E-state index in [1.807, 2.05) is 42.2 Å². The number of hydrogen-bond donors (Lipinski definition) is 0. The summed E-state index contributed by atoms with van der Waals surface area (Å²) in [5.41, 5.74) is 2.15. The van der Waals surface area contributed by atoms with Crippen molar-refractivity contribution >= 4 is 0 Å². The van der Waals surface area contributed by atoms with Gasteiger partial charge >= 0.3 is 0 Å². The Labute approximate surface area is 131 Å². The fraction of sp³-hybridized carbons (Fsp3) is 0.471. The molecule has 0 spiro atoms. The lowest BCUT2D eigenvalue weighted by molar-refractivity contribution is 0.137. The van der Waals surface area contributed by atoms with E-state index < -0.39 is 0 Å². The third kappa shape index (κ3) is 3.67. The molecular weight excluding hydrogens is 278 g/mol. The van der Waals surface area contributed by atoms with Crippen LogP contribution in [-0.4, -0.2) is 54.1 Å². The maximum absolute atomic E-state index is 6.04. The molecule has 5 heteroatoms. The minimum Gasteiger partial charge on any atom is -0.492 e.